The number of nitrogens with one attached hydrogen (secondary N) is 3. The number of hydrogen-bond donors (Lipinski definition) is 3. The van der Waals surface area contributed by atoms with E-state index >= 15 is 0 Å². The van der Waals surface area contributed by atoms with Gasteiger partial charge in [0.2, 0.25) is 11.8 Å². The molecule has 14 heteroatoms. The van der Waals surface area contributed by atoms with E-state index in [1.807, 2.05) is 73.7 Å². The quantitative estimate of drug-likeness (QED) is 0.0476. The zero-order valence-corrected chi connectivity index (χ0v) is 32.9. The summed E-state index contributed by atoms with van der Waals surface area (Å²) in [4.78, 5) is 57.1. The summed E-state index contributed by atoms with van der Waals surface area (Å²) in [6.07, 6.45) is 2.97. The van der Waals surface area contributed by atoms with Crippen molar-refractivity contribution in [3.8, 4) is 0 Å². The molecule has 0 aliphatic heterocycles. The Morgan fingerprint density at radius 1 is 0.750 bits per heavy atom. The third-order valence-corrected chi connectivity index (χ3v) is 11.2. The van der Waals surface area contributed by atoms with Crippen molar-refractivity contribution >= 4 is 31.5 Å². The van der Waals surface area contributed by atoms with Crippen molar-refractivity contribution < 1.29 is 42.3 Å². The molecule has 1 unspecified atom stereocenters. The van der Waals surface area contributed by atoms with E-state index in [-0.39, 0.29) is 32.0 Å². The monoisotopic (exact) mass is 786 g/mol. The number of nitrogens with zero attached hydrogens (tertiary/aromatic N) is 1. The molecule has 1 heterocycles. The molecule has 3 aromatic carbocycles. The first kappa shape index (κ1) is 43.4. The van der Waals surface area contributed by atoms with E-state index in [0.717, 1.165) is 16.7 Å². The summed E-state index contributed by atoms with van der Waals surface area (Å²) in [5, 5.41) is 7.92. The van der Waals surface area contributed by atoms with Gasteiger partial charge in [0.1, 0.15) is 25.0 Å². The lowest BCUT2D eigenvalue weighted by molar-refractivity contribution is -0.152. The highest BCUT2D eigenvalue weighted by Crippen LogP contribution is 2.54. The van der Waals surface area contributed by atoms with Gasteiger partial charge in [0.05, 0.1) is 6.61 Å². The molecule has 4 aromatic rings. The van der Waals surface area contributed by atoms with Crippen LogP contribution in [0.25, 0.3) is 0 Å². The van der Waals surface area contributed by atoms with E-state index < -0.39 is 55.9 Å². The van der Waals surface area contributed by atoms with Crippen molar-refractivity contribution in [2.24, 2.45) is 5.92 Å². The Morgan fingerprint density at radius 2 is 1.34 bits per heavy atom. The fourth-order valence-electron chi connectivity index (χ4n) is 5.69. The van der Waals surface area contributed by atoms with E-state index in [0.29, 0.717) is 24.8 Å². The van der Waals surface area contributed by atoms with Crippen LogP contribution in [0.4, 0.5) is 4.79 Å². The average molecular weight is 787 g/mol. The van der Waals surface area contributed by atoms with Gasteiger partial charge in [-0.15, -0.1) is 0 Å². The summed E-state index contributed by atoms with van der Waals surface area (Å²) in [7, 11) is -3.17. The van der Waals surface area contributed by atoms with Crippen LogP contribution in [-0.4, -0.2) is 67.1 Å². The first-order valence-electron chi connectivity index (χ1n) is 18.6. The second-order valence-corrected chi connectivity index (χ2v) is 15.5. The lowest BCUT2D eigenvalue weighted by Gasteiger charge is -2.32. The predicted octanol–water partition coefficient (Wildman–Crippen LogP) is 6.17. The Kier molecular flexibility index (Phi) is 17.7. The van der Waals surface area contributed by atoms with Crippen LogP contribution in [0.2, 0.25) is 0 Å². The van der Waals surface area contributed by atoms with E-state index in [2.05, 4.69) is 20.9 Å². The Labute approximate surface area is 328 Å². The largest absolute Gasteiger partial charge is 0.464 e. The van der Waals surface area contributed by atoms with Crippen LogP contribution in [0.5, 0.6) is 0 Å². The van der Waals surface area contributed by atoms with Crippen molar-refractivity contribution in [2.45, 2.75) is 70.5 Å². The number of benzene rings is 3. The molecule has 0 aliphatic carbocycles. The normalized spacial score (nSPS) is 14.2. The average Bonchev–Trinajstić information content (AvgIpc) is 3.23. The molecule has 0 bridgehead atoms. The van der Waals surface area contributed by atoms with Gasteiger partial charge in [-0.2, -0.15) is 0 Å². The molecule has 1 aromatic heterocycles. The maximum Gasteiger partial charge on any atom is 0.407 e. The van der Waals surface area contributed by atoms with Crippen LogP contribution in [0.15, 0.2) is 116 Å². The molecule has 13 nitrogen and oxygen atoms in total. The van der Waals surface area contributed by atoms with Crippen LogP contribution in [0, 0.1) is 5.92 Å². The first-order chi connectivity index (χ1) is 27.1. The molecule has 0 spiro atoms. The van der Waals surface area contributed by atoms with Crippen molar-refractivity contribution in [3.05, 3.63) is 138 Å². The molecule has 5 atom stereocenters. The van der Waals surface area contributed by atoms with Gasteiger partial charge in [-0.1, -0.05) is 111 Å². The number of carbonyl (C=O) groups excluding carboxylic acids is 4. The zero-order chi connectivity index (χ0) is 40.2. The fourth-order valence-corrected chi connectivity index (χ4v) is 7.41. The zero-order valence-electron chi connectivity index (χ0n) is 32.0. The summed E-state index contributed by atoms with van der Waals surface area (Å²) in [6.45, 7) is 3.30. The molecule has 3 amide bonds. The third-order valence-electron chi connectivity index (χ3n) is 9.04. The highest BCUT2D eigenvalue weighted by atomic mass is 31.2. The SMILES string of the molecule is CC[C@H](C)[C@H](NC(=O)CNC(=O)OCc1ccccc1)C(=O)N[C@@H](Cc1ccccc1)P(=O)(OC)O[C@@H](Cc1ccccc1)C(=O)OCCCc1ccncc1. The Morgan fingerprint density at radius 3 is 1.93 bits per heavy atom. The molecule has 0 radical (unpaired) electrons. The van der Waals surface area contributed by atoms with Gasteiger partial charge >= 0.3 is 19.7 Å². The van der Waals surface area contributed by atoms with Crippen molar-refractivity contribution in [1.29, 1.82) is 0 Å². The van der Waals surface area contributed by atoms with Gasteiger partial charge in [0, 0.05) is 32.3 Å². The van der Waals surface area contributed by atoms with Crippen LogP contribution >= 0.6 is 7.60 Å². The summed E-state index contributed by atoms with van der Waals surface area (Å²) in [5.74, 6) is -3.68. The van der Waals surface area contributed by atoms with Gasteiger partial charge < -0.3 is 29.9 Å². The number of pyridine rings is 1. The molecule has 56 heavy (non-hydrogen) atoms. The van der Waals surface area contributed by atoms with E-state index in [1.165, 1.54) is 7.11 Å². The number of carbonyl (C=O) groups is 4. The minimum absolute atomic E-state index is 0.00666. The third kappa shape index (κ3) is 14.4. The predicted molar refractivity (Wildman–Crippen MR) is 211 cm³/mol. The van der Waals surface area contributed by atoms with Gasteiger partial charge in [0.25, 0.3) is 0 Å². The van der Waals surface area contributed by atoms with E-state index in [9.17, 15) is 23.7 Å². The highest BCUT2D eigenvalue weighted by molar-refractivity contribution is 7.54. The van der Waals surface area contributed by atoms with Gasteiger partial charge in [0.15, 0.2) is 6.10 Å². The Hall–Kier alpha value is -5.36. The van der Waals surface area contributed by atoms with E-state index in [4.69, 9.17) is 18.5 Å². The lowest BCUT2D eigenvalue weighted by Crippen LogP contribution is -2.54. The maximum absolute atomic E-state index is 14.8. The molecular formula is C42H51N4O9P. The summed E-state index contributed by atoms with van der Waals surface area (Å²) >= 11 is 0. The van der Waals surface area contributed by atoms with Crippen molar-refractivity contribution in [1.82, 2.24) is 20.9 Å². The summed E-state index contributed by atoms with van der Waals surface area (Å²) in [5.41, 5.74) is 3.26. The number of alkyl carbamates (subject to hydrolysis) is 1. The number of amides is 3. The number of esters is 1. The summed E-state index contributed by atoms with van der Waals surface area (Å²) in [6, 6.07) is 29.9. The van der Waals surface area contributed by atoms with E-state index in [1.54, 1.807) is 55.7 Å². The molecule has 4 rings (SSSR count). The second-order valence-electron chi connectivity index (χ2n) is 13.2. The van der Waals surface area contributed by atoms with Crippen molar-refractivity contribution in [3.63, 3.8) is 0 Å². The molecule has 298 valence electrons. The number of aryl methyl sites for hydroxylation is 1. The maximum atomic E-state index is 14.8. The second kappa shape index (κ2) is 22.9. The van der Waals surface area contributed by atoms with Gasteiger partial charge in [-0.25, -0.2) is 9.59 Å². The van der Waals surface area contributed by atoms with Crippen LogP contribution in [0.1, 0.15) is 48.9 Å². The summed E-state index contributed by atoms with van der Waals surface area (Å²) < 4.78 is 37.4. The standard InChI is InChI=1S/C42H51N4O9P/c1-4-31(2)39(45-37(47)29-44-42(50)54-30-35-19-12-7-13-20-35)40(48)46-38(28-34-17-10-6-11-18-34)56(51,52-3)55-36(27-33-15-8-5-9-16-33)41(49)53-26-14-21-32-22-24-43-25-23-32/h5-13,15-20,22-25,31,36,38-39H,4,14,21,26-30H2,1-3H3,(H,44,50)(H,45,47)(H,46,48)/t31-,36-,38+,39-,56?/m0/s1. The van der Waals surface area contributed by atoms with Crippen LogP contribution in [0.3, 0.4) is 0 Å². The Bertz CT molecular complexity index is 1850. The number of hydrogen-bond acceptors (Lipinski definition) is 10. The first-order valence-corrected chi connectivity index (χ1v) is 20.2. The molecule has 0 fully saturated rings. The molecule has 0 aliphatic rings. The minimum atomic E-state index is -4.36. The fraction of sp³-hybridized carbons (Fsp3) is 0.357. The molecule has 3 N–H and O–H groups in total. The molecule has 0 saturated carbocycles. The number of ether oxygens (including phenoxy) is 2. The van der Waals surface area contributed by atoms with Crippen molar-refractivity contribution in [2.75, 3.05) is 20.3 Å². The van der Waals surface area contributed by atoms with Gasteiger partial charge in [-0.05, 0) is 53.1 Å². The molecule has 0 saturated heterocycles. The minimum Gasteiger partial charge on any atom is -0.464 e. The van der Waals surface area contributed by atoms with Crippen LogP contribution in [-0.2, 0) is 63.3 Å². The number of rotatable bonds is 22. The topological polar surface area (TPSA) is 171 Å². The smallest absolute Gasteiger partial charge is 0.407 e. The highest BCUT2D eigenvalue weighted by Gasteiger charge is 2.42. The van der Waals surface area contributed by atoms with Crippen LogP contribution < -0.4 is 16.0 Å². The number of aromatic nitrogens is 1. The molecular weight excluding hydrogens is 735 g/mol. The Balaban J connectivity index is 1.49. The van der Waals surface area contributed by atoms with Gasteiger partial charge in [-0.3, -0.25) is 23.7 Å². The lowest BCUT2D eigenvalue weighted by atomic mass is 9.98.